The van der Waals surface area contributed by atoms with Gasteiger partial charge < -0.3 is 15.7 Å². The van der Waals surface area contributed by atoms with E-state index in [9.17, 15) is 4.79 Å². The van der Waals surface area contributed by atoms with Crippen LogP contribution in [0.25, 0.3) is 0 Å². The predicted molar refractivity (Wildman–Crippen MR) is 64.0 cm³/mol. The van der Waals surface area contributed by atoms with Crippen molar-refractivity contribution in [3.05, 3.63) is 0 Å². The molecule has 0 amide bonds. The molecule has 0 aromatic carbocycles. The Morgan fingerprint density at radius 2 is 1.87 bits per heavy atom. The monoisotopic (exact) mass is 218 g/mol. The van der Waals surface area contributed by atoms with Crippen molar-refractivity contribution in [1.29, 1.82) is 0 Å². The van der Waals surface area contributed by atoms with Crippen molar-refractivity contribution in [2.45, 2.75) is 46.6 Å². The van der Waals surface area contributed by atoms with E-state index in [2.05, 4.69) is 25.7 Å². The summed E-state index contributed by atoms with van der Waals surface area (Å²) in [6.45, 7) is 10.6. The highest BCUT2D eigenvalue weighted by Gasteiger charge is 2.07. The summed E-state index contributed by atoms with van der Waals surface area (Å²) < 4.78 is 0. The number of hydrogen-bond acceptors (Lipinski definition) is 3. The van der Waals surface area contributed by atoms with E-state index in [0.717, 1.165) is 19.5 Å². The summed E-state index contributed by atoms with van der Waals surface area (Å²) in [6, 6.07) is 0.444. The molecule has 0 aliphatic rings. The van der Waals surface area contributed by atoms with Crippen molar-refractivity contribution in [1.82, 2.24) is 4.90 Å². The van der Waals surface area contributed by atoms with E-state index in [4.69, 9.17) is 10.8 Å². The zero-order chi connectivity index (χ0) is 12.3. The van der Waals surface area contributed by atoms with Crippen molar-refractivity contribution in [3.8, 4) is 0 Å². The summed E-state index contributed by atoms with van der Waals surface area (Å²) in [5, 5.41) is 8.41. The van der Waals surface area contributed by atoms with E-state index < -0.39 is 5.97 Å². The Bertz CT molecular complexity index is 148. The Hall–Kier alpha value is -0.610. The summed E-state index contributed by atoms with van der Waals surface area (Å²) in [4.78, 5) is 12.3. The van der Waals surface area contributed by atoms with Crippen molar-refractivity contribution < 1.29 is 9.90 Å². The average molecular weight is 218 g/mol. The molecular weight excluding hydrogens is 192 g/mol. The number of nitrogens with two attached hydrogens (primary N) is 1. The number of aliphatic carboxylic acids is 1. The van der Waals surface area contributed by atoms with E-state index in [0.29, 0.717) is 12.6 Å². The first-order valence-electron chi connectivity index (χ1n) is 5.65. The predicted octanol–water partition coefficient (Wildman–Crippen LogP) is 1.55. The highest BCUT2D eigenvalue weighted by molar-refractivity contribution is 5.66. The van der Waals surface area contributed by atoms with Gasteiger partial charge in [0.2, 0.25) is 0 Å². The lowest BCUT2D eigenvalue weighted by Crippen LogP contribution is -2.32. The van der Waals surface area contributed by atoms with Crippen LogP contribution in [0.2, 0.25) is 0 Å². The quantitative estimate of drug-likeness (QED) is 0.710. The number of carboxylic acid groups (broad SMARTS) is 1. The van der Waals surface area contributed by atoms with Crippen LogP contribution in [0.1, 0.15) is 40.5 Å². The Labute approximate surface area is 93.4 Å². The third-order valence-corrected chi connectivity index (χ3v) is 2.04. The van der Waals surface area contributed by atoms with Crippen molar-refractivity contribution in [2.24, 2.45) is 5.73 Å². The highest BCUT2D eigenvalue weighted by Crippen LogP contribution is 1.98. The fourth-order valence-corrected chi connectivity index (χ4v) is 1.02. The number of rotatable bonds is 6. The second kappa shape index (κ2) is 11.5. The normalized spacial score (nSPS) is 10.1. The summed E-state index contributed by atoms with van der Waals surface area (Å²) >= 11 is 0. The van der Waals surface area contributed by atoms with E-state index in [1.54, 1.807) is 0 Å². The van der Waals surface area contributed by atoms with Crippen molar-refractivity contribution >= 4 is 5.97 Å². The van der Waals surface area contributed by atoms with Gasteiger partial charge in [0.15, 0.2) is 0 Å². The molecule has 0 atom stereocenters. The lowest BCUT2D eigenvalue weighted by molar-refractivity contribution is -0.137. The first kappa shape index (κ1) is 16.8. The fraction of sp³-hybridized carbons (Fsp3) is 0.909. The smallest absolute Gasteiger partial charge is 0.304 e. The Kier molecular flexibility index (Phi) is 12.8. The molecule has 92 valence electrons. The standard InChI is InChI=1S/C8H17NO2.C3H9N/c1-4-9(7(2)3)6-5-8(10)11;1-2-3-4/h7H,4-6H2,1-3H3,(H,10,11);2-4H2,1H3. The van der Waals surface area contributed by atoms with Crippen LogP contribution >= 0.6 is 0 Å². The molecule has 15 heavy (non-hydrogen) atoms. The van der Waals surface area contributed by atoms with Gasteiger partial charge in [-0.25, -0.2) is 0 Å². The van der Waals surface area contributed by atoms with Gasteiger partial charge in [0.05, 0.1) is 6.42 Å². The molecule has 4 heteroatoms. The van der Waals surface area contributed by atoms with Crippen LogP contribution in [-0.4, -0.2) is 41.7 Å². The number of hydrogen-bond donors (Lipinski definition) is 2. The minimum absolute atomic E-state index is 0.242. The molecule has 0 aliphatic carbocycles. The third-order valence-electron chi connectivity index (χ3n) is 2.04. The zero-order valence-electron chi connectivity index (χ0n) is 10.5. The minimum Gasteiger partial charge on any atom is -0.481 e. The summed E-state index contributed by atoms with van der Waals surface area (Å²) in [5.41, 5.74) is 5.03. The SMILES string of the molecule is CCCN.CCN(CCC(=O)O)C(C)C. The first-order chi connectivity index (χ1) is 6.99. The molecule has 0 saturated heterocycles. The van der Waals surface area contributed by atoms with E-state index in [-0.39, 0.29) is 6.42 Å². The average Bonchev–Trinajstić information content (AvgIpc) is 2.18. The van der Waals surface area contributed by atoms with Gasteiger partial charge in [-0.3, -0.25) is 4.79 Å². The second-order valence-corrected chi connectivity index (χ2v) is 3.65. The molecule has 0 aliphatic heterocycles. The second-order valence-electron chi connectivity index (χ2n) is 3.65. The van der Waals surface area contributed by atoms with Gasteiger partial charge in [-0.1, -0.05) is 13.8 Å². The molecule has 0 spiro atoms. The minimum atomic E-state index is -0.718. The lowest BCUT2D eigenvalue weighted by atomic mass is 10.3. The van der Waals surface area contributed by atoms with Gasteiger partial charge in [-0.05, 0) is 33.4 Å². The Morgan fingerprint density at radius 1 is 1.40 bits per heavy atom. The van der Waals surface area contributed by atoms with E-state index >= 15 is 0 Å². The van der Waals surface area contributed by atoms with Crippen LogP contribution in [0.15, 0.2) is 0 Å². The zero-order valence-corrected chi connectivity index (χ0v) is 10.5. The molecule has 0 heterocycles. The largest absolute Gasteiger partial charge is 0.481 e. The Balaban J connectivity index is 0. The lowest BCUT2D eigenvalue weighted by Gasteiger charge is -2.23. The Morgan fingerprint density at radius 3 is 2.07 bits per heavy atom. The van der Waals surface area contributed by atoms with Gasteiger partial charge >= 0.3 is 5.97 Å². The van der Waals surface area contributed by atoms with Gasteiger partial charge in [0, 0.05) is 12.6 Å². The summed E-state index contributed by atoms with van der Waals surface area (Å²) in [6.07, 6.45) is 1.34. The van der Waals surface area contributed by atoms with E-state index in [1.807, 2.05) is 6.92 Å². The molecule has 4 nitrogen and oxygen atoms in total. The van der Waals surface area contributed by atoms with Gasteiger partial charge in [-0.2, -0.15) is 0 Å². The van der Waals surface area contributed by atoms with Gasteiger partial charge in [0.1, 0.15) is 0 Å². The van der Waals surface area contributed by atoms with E-state index in [1.165, 1.54) is 0 Å². The van der Waals surface area contributed by atoms with Gasteiger partial charge in [-0.15, -0.1) is 0 Å². The molecule has 0 saturated carbocycles. The van der Waals surface area contributed by atoms with Crippen LogP contribution < -0.4 is 5.73 Å². The van der Waals surface area contributed by atoms with Crippen LogP contribution in [-0.2, 0) is 4.79 Å². The molecule has 0 bridgehead atoms. The fourth-order valence-electron chi connectivity index (χ4n) is 1.02. The topological polar surface area (TPSA) is 66.6 Å². The molecule has 0 aromatic heterocycles. The molecule has 0 aromatic rings. The maximum absolute atomic E-state index is 10.2. The molecule has 3 N–H and O–H groups in total. The highest BCUT2D eigenvalue weighted by atomic mass is 16.4. The van der Waals surface area contributed by atoms with Crippen LogP contribution in [0.4, 0.5) is 0 Å². The van der Waals surface area contributed by atoms with Crippen molar-refractivity contribution in [2.75, 3.05) is 19.6 Å². The maximum Gasteiger partial charge on any atom is 0.304 e. The molecule has 0 fully saturated rings. The molecular formula is C11H26N2O2. The van der Waals surface area contributed by atoms with Gasteiger partial charge in [0.25, 0.3) is 0 Å². The maximum atomic E-state index is 10.2. The van der Waals surface area contributed by atoms with Crippen LogP contribution in [0, 0.1) is 0 Å². The van der Waals surface area contributed by atoms with Crippen LogP contribution in [0.5, 0.6) is 0 Å². The molecule has 0 unspecified atom stereocenters. The number of carbonyl (C=O) groups is 1. The first-order valence-corrected chi connectivity index (χ1v) is 5.65. The molecule has 0 rings (SSSR count). The number of carboxylic acids is 1. The molecule has 0 radical (unpaired) electrons. The third kappa shape index (κ3) is 13.4. The summed E-state index contributed by atoms with van der Waals surface area (Å²) in [5.74, 6) is -0.718. The van der Waals surface area contributed by atoms with Crippen molar-refractivity contribution in [3.63, 3.8) is 0 Å². The summed E-state index contributed by atoms with van der Waals surface area (Å²) in [7, 11) is 0. The van der Waals surface area contributed by atoms with Crippen LogP contribution in [0.3, 0.4) is 0 Å². The number of nitrogens with zero attached hydrogens (tertiary/aromatic N) is 1.